The summed E-state index contributed by atoms with van der Waals surface area (Å²) in [6, 6.07) is 60.0. The van der Waals surface area contributed by atoms with Crippen LogP contribution in [0.2, 0.25) is 0 Å². The van der Waals surface area contributed by atoms with Crippen molar-refractivity contribution in [1.29, 1.82) is 15.8 Å². The molecule has 2 aromatic heterocycles. The van der Waals surface area contributed by atoms with Crippen LogP contribution in [-0.4, -0.2) is 19.5 Å². The van der Waals surface area contributed by atoms with Gasteiger partial charge in [-0.05, 0) is 89.0 Å². The highest BCUT2D eigenvalue weighted by Crippen LogP contribution is 2.40. The van der Waals surface area contributed by atoms with Gasteiger partial charge in [-0.2, -0.15) is 15.8 Å². The van der Waals surface area contributed by atoms with Gasteiger partial charge in [0.1, 0.15) is 0 Å². The SMILES string of the molecule is N#Cc1ccc(-c2ccc3c(c2)c2cc(-c4ccc(C#N)cc4)ccc2n3-c2cc(C#N)ccc2-c2nc(-c3ccccc3)nc(-c3ccccc3)n2)cc1. The van der Waals surface area contributed by atoms with E-state index in [9.17, 15) is 15.8 Å². The number of hydrogen-bond acceptors (Lipinski definition) is 6. The van der Waals surface area contributed by atoms with Crippen LogP contribution in [0.1, 0.15) is 16.7 Å². The summed E-state index contributed by atoms with van der Waals surface area (Å²) < 4.78 is 2.18. The van der Waals surface area contributed by atoms with Crippen molar-refractivity contribution in [3.63, 3.8) is 0 Å². The van der Waals surface area contributed by atoms with E-state index < -0.39 is 0 Å². The molecule has 9 aromatic rings. The highest BCUT2D eigenvalue weighted by atomic mass is 15.1. The van der Waals surface area contributed by atoms with Gasteiger partial charge in [0.25, 0.3) is 0 Å². The molecule has 0 N–H and O–H groups in total. The zero-order valence-electron chi connectivity index (χ0n) is 29.2. The standard InChI is InChI=1S/C48H27N7/c49-28-31-11-16-34(17-12-31)38-20-23-43-41(26-38)42-27-39(35-18-13-32(29-50)14-19-35)21-24-44(42)55(43)45-25-33(30-51)15-22-40(45)48-53-46(36-7-3-1-4-8-36)52-47(54-48)37-9-5-2-6-10-37/h1-27H. The molecule has 0 bridgehead atoms. The summed E-state index contributed by atoms with van der Waals surface area (Å²) in [5.74, 6) is 1.56. The van der Waals surface area contributed by atoms with Crippen molar-refractivity contribution >= 4 is 21.8 Å². The van der Waals surface area contributed by atoms with E-state index in [0.29, 0.717) is 34.2 Å². The van der Waals surface area contributed by atoms with Crippen molar-refractivity contribution in [2.45, 2.75) is 0 Å². The number of hydrogen-bond donors (Lipinski definition) is 0. The monoisotopic (exact) mass is 701 g/mol. The van der Waals surface area contributed by atoms with Crippen molar-refractivity contribution in [1.82, 2.24) is 19.5 Å². The third-order valence-electron chi connectivity index (χ3n) is 9.77. The maximum Gasteiger partial charge on any atom is 0.166 e. The fraction of sp³-hybridized carbons (Fsp3) is 0. The van der Waals surface area contributed by atoms with E-state index in [1.54, 1.807) is 6.07 Å². The van der Waals surface area contributed by atoms with Gasteiger partial charge in [-0.3, -0.25) is 0 Å². The third-order valence-corrected chi connectivity index (χ3v) is 9.77. The third kappa shape index (κ3) is 6.03. The summed E-state index contributed by atoms with van der Waals surface area (Å²) in [6.45, 7) is 0. The lowest BCUT2D eigenvalue weighted by Gasteiger charge is -2.15. The predicted molar refractivity (Wildman–Crippen MR) is 215 cm³/mol. The summed E-state index contributed by atoms with van der Waals surface area (Å²) in [4.78, 5) is 15.0. The van der Waals surface area contributed by atoms with Gasteiger partial charge >= 0.3 is 0 Å². The van der Waals surface area contributed by atoms with E-state index in [-0.39, 0.29) is 0 Å². The number of rotatable bonds is 6. The van der Waals surface area contributed by atoms with E-state index >= 15 is 0 Å². The lowest BCUT2D eigenvalue weighted by molar-refractivity contribution is 1.06. The molecule has 0 fully saturated rings. The van der Waals surface area contributed by atoms with Gasteiger partial charge in [-0.1, -0.05) is 97.1 Å². The molecule has 9 rings (SSSR count). The lowest BCUT2D eigenvalue weighted by atomic mass is 9.99. The second kappa shape index (κ2) is 13.7. The largest absolute Gasteiger partial charge is 0.308 e. The Morgan fingerprint density at radius 3 is 1.24 bits per heavy atom. The molecule has 0 unspecified atom stereocenters. The molecular weight excluding hydrogens is 675 g/mol. The average Bonchev–Trinajstić information content (AvgIpc) is 3.59. The molecule has 2 heterocycles. The number of benzene rings is 7. The summed E-state index contributed by atoms with van der Waals surface area (Å²) in [5.41, 5.74) is 10.8. The quantitative estimate of drug-likeness (QED) is 0.170. The van der Waals surface area contributed by atoms with Crippen molar-refractivity contribution in [2.24, 2.45) is 0 Å². The zero-order valence-corrected chi connectivity index (χ0v) is 29.2. The lowest BCUT2D eigenvalue weighted by Crippen LogP contribution is -2.04. The van der Waals surface area contributed by atoms with E-state index in [1.807, 2.05) is 121 Å². The number of fused-ring (bicyclic) bond motifs is 3. The molecule has 0 atom stereocenters. The molecule has 0 saturated heterocycles. The number of aromatic nitrogens is 4. The van der Waals surface area contributed by atoms with Crippen molar-refractivity contribution in [3.05, 3.63) is 180 Å². The van der Waals surface area contributed by atoms with Crippen LogP contribution in [-0.2, 0) is 0 Å². The smallest absolute Gasteiger partial charge is 0.166 e. The molecule has 7 heteroatoms. The Morgan fingerprint density at radius 1 is 0.364 bits per heavy atom. The van der Waals surface area contributed by atoms with Gasteiger partial charge < -0.3 is 4.57 Å². The molecule has 0 aliphatic carbocycles. The normalized spacial score (nSPS) is 10.9. The van der Waals surface area contributed by atoms with Crippen LogP contribution in [0.15, 0.2) is 164 Å². The first kappa shape index (κ1) is 32.7. The maximum absolute atomic E-state index is 10.2. The second-order valence-electron chi connectivity index (χ2n) is 13.1. The Bertz CT molecular complexity index is 2860. The van der Waals surface area contributed by atoms with Crippen LogP contribution in [0.25, 0.3) is 83.9 Å². The minimum atomic E-state index is 0.477. The first-order chi connectivity index (χ1) is 27.1. The summed E-state index contributed by atoms with van der Waals surface area (Å²) >= 11 is 0. The number of nitrogens with zero attached hydrogens (tertiary/aromatic N) is 7. The van der Waals surface area contributed by atoms with Gasteiger partial charge in [0.15, 0.2) is 17.5 Å². The van der Waals surface area contributed by atoms with Crippen molar-refractivity contribution in [3.8, 4) is 80.3 Å². The predicted octanol–water partition coefficient (Wildman–Crippen LogP) is 10.9. The summed E-state index contributed by atoms with van der Waals surface area (Å²) in [6.07, 6.45) is 0. The molecule has 55 heavy (non-hydrogen) atoms. The van der Waals surface area contributed by atoms with Crippen LogP contribution in [0.5, 0.6) is 0 Å². The van der Waals surface area contributed by atoms with Crippen LogP contribution in [0.3, 0.4) is 0 Å². The van der Waals surface area contributed by atoms with Crippen LogP contribution in [0, 0.1) is 34.0 Å². The van der Waals surface area contributed by atoms with Crippen LogP contribution in [0.4, 0.5) is 0 Å². The highest BCUT2D eigenvalue weighted by Gasteiger charge is 2.21. The molecule has 0 amide bonds. The minimum Gasteiger partial charge on any atom is -0.308 e. The molecule has 0 aliphatic rings. The van der Waals surface area contributed by atoms with Gasteiger partial charge in [0.2, 0.25) is 0 Å². The van der Waals surface area contributed by atoms with E-state index in [2.05, 4.69) is 59.2 Å². The van der Waals surface area contributed by atoms with Crippen molar-refractivity contribution in [2.75, 3.05) is 0 Å². The molecule has 0 saturated carbocycles. The van der Waals surface area contributed by atoms with Gasteiger partial charge in [0.05, 0.1) is 51.6 Å². The first-order valence-electron chi connectivity index (χ1n) is 17.6. The van der Waals surface area contributed by atoms with Gasteiger partial charge in [-0.15, -0.1) is 0 Å². The van der Waals surface area contributed by atoms with E-state index in [4.69, 9.17) is 15.0 Å². The molecule has 7 nitrogen and oxygen atoms in total. The van der Waals surface area contributed by atoms with Gasteiger partial charge in [0, 0.05) is 27.5 Å². The fourth-order valence-corrected chi connectivity index (χ4v) is 7.02. The Balaban J connectivity index is 1.32. The maximum atomic E-state index is 10.2. The molecular formula is C48H27N7. The van der Waals surface area contributed by atoms with Crippen LogP contribution >= 0.6 is 0 Å². The fourth-order valence-electron chi connectivity index (χ4n) is 7.02. The highest BCUT2D eigenvalue weighted by molar-refractivity contribution is 6.12. The van der Waals surface area contributed by atoms with Gasteiger partial charge in [-0.25, -0.2) is 15.0 Å². The minimum absolute atomic E-state index is 0.477. The Hall–Kier alpha value is -8.18. The molecule has 7 aromatic carbocycles. The summed E-state index contributed by atoms with van der Waals surface area (Å²) in [7, 11) is 0. The summed E-state index contributed by atoms with van der Waals surface area (Å²) in [5, 5.41) is 31.0. The molecule has 254 valence electrons. The topological polar surface area (TPSA) is 115 Å². The zero-order chi connectivity index (χ0) is 37.3. The van der Waals surface area contributed by atoms with E-state index in [1.165, 1.54) is 0 Å². The first-order valence-corrected chi connectivity index (χ1v) is 17.6. The molecule has 0 spiro atoms. The number of nitriles is 3. The van der Waals surface area contributed by atoms with Crippen LogP contribution < -0.4 is 0 Å². The molecule has 0 aliphatic heterocycles. The Kier molecular flexibility index (Phi) is 8.18. The average molecular weight is 702 g/mol. The van der Waals surface area contributed by atoms with E-state index in [0.717, 1.165) is 66.4 Å². The Morgan fingerprint density at radius 2 is 0.782 bits per heavy atom. The Labute approximate surface area is 316 Å². The second-order valence-corrected chi connectivity index (χ2v) is 13.1. The van der Waals surface area contributed by atoms with Crippen molar-refractivity contribution < 1.29 is 0 Å². The molecule has 0 radical (unpaired) electrons.